The number of likely N-dealkylation sites (N-methyl/N-ethyl adjacent to an activating group) is 1. The lowest BCUT2D eigenvalue weighted by molar-refractivity contribution is 0.353. The molecule has 1 aromatic carbocycles. The number of hydrogen-bond donors (Lipinski definition) is 0. The van der Waals surface area contributed by atoms with Gasteiger partial charge in [0.15, 0.2) is 5.69 Å². The van der Waals surface area contributed by atoms with E-state index in [2.05, 4.69) is 14.8 Å². The van der Waals surface area contributed by atoms with Gasteiger partial charge in [-0.05, 0) is 12.1 Å². The van der Waals surface area contributed by atoms with Crippen molar-refractivity contribution in [3.8, 4) is 0 Å². The van der Waals surface area contributed by atoms with Gasteiger partial charge in [-0.3, -0.25) is 5.01 Å². The standard InChI is InChI=1S/C11H12N4/c1-12-10-3-5-11(6-4-10)15-8-7-14(2)13-9-15/h3-6,9H,7-8H2,2H3. The van der Waals surface area contributed by atoms with E-state index in [0.717, 1.165) is 18.8 Å². The molecule has 15 heavy (non-hydrogen) atoms. The van der Waals surface area contributed by atoms with Gasteiger partial charge in [0.05, 0.1) is 13.1 Å². The van der Waals surface area contributed by atoms with Crippen LogP contribution in [0.15, 0.2) is 29.4 Å². The number of benzene rings is 1. The van der Waals surface area contributed by atoms with Gasteiger partial charge >= 0.3 is 0 Å². The summed E-state index contributed by atoms with van der Waals surface area (Å²) in [6.07, 6.45) is 1.82. The van der Waals surface area contributed by atoms with Crippen molar-refractivity contribution < 1.29 is 0 Å². The largest absolute Gasteiger partial charge is 0.329 e. The van der Waals surface area contributed by atoms with E-state index in [9.17, 15) is 0 Å². The second-order valence-electron chi connectivity index (χ2n) is 3.43. The summed E-state index contributed by atoms with van der Waals surface area (Å²) in [5.74, 6) is 0. The molecule has 0 radical (unpaired) electrons. The van der Waals surface area contributed by atoms with E-state index in [1.165, 1.54) is 0 Å². The first-order valence-electron chi connectivity index (χ1n) is 4.79. The first-order valence-corrected chi connectivity index (χ1v) is 4.79. The fraction of sp³-hybridized carbons (Fsp3) is 0.273. The lowest BCUT2D eigenvalue weighted by Gasteiger charge is -2.27. The highest BCUT2D eigenvalue weighted by Gasteiger charge is 2.09. The zero-order valence-electron chi connectivity index (χ0n) is 8.59. The van der Waals surface area contributed by atoms with Crippen LogP contribution in [0.2, 0.25) is 0 Å². The van der Waals surface area contributed by atoms with Crippen LogP contribution in [0, 0.1) is 6.57 Å². The quantitative estimate of drug-likeness (QED) is 0.647. The summed E-state index contributed by atoms with van der Waals surface area (Å²) in [4.78, 5) is 5.44. The van der Waals surface area contributed by atoms with E-state index in [4.69, 9.17) is 6.57 Å². The van der Waals surface area contributed by atoms with Gasteiger partial charge in [-0.15, -0.1) is 0 Å². The Hall–Kier alpha value is -2.02. The summed E-state index contributed by atoms with van der Waals surface area (Å²) in [5, 5.41) is 6.11. The first kappa shape index (κ1) is 9.53. The third-order valence-electron chi connectivity index (χ3n) is 2.36. The van der Waals surface area contributed by atoms with E-state index in [0.29, 0.717) is 5.69 Å². The second kappa shape index (κ2) is 4.01. The molecule has 0 aromatic heterocycles. The third kappa shape index (κ3) is 2.08. The van der Waals surface area contributed by atoms with Crippen molar-refractivity contribution in [2.75, 3.05) is 25.0 Å². The summed E-state index contributed by atoms with van der Waals surface area (Å²) >= 11 is 0. The molecule has 0 atom stereocenters. The molecule has 2 rings (SSSR count). The molecule has 4 heteroatoms. The maximum Gasteiger partial charge on any atom is 0.187 e. The molecule has 0 bridgehead atoms. The normalized spacial score (nSPS) is 15.2. The first-order chi connectivity index (χ1) is 7.29. The predicted octanol–water partition coefficient (Wildman–Crippen LogP) is 1.93. The number of hydrazone groups is 1. The van der Waals surface area contributed by atoms with Crippen molar-refractivity contribution in [1.82, 2.24) is 5.01 Å². The van der Waals surface area contributed by atoms with Crippen LogP contribution in [0.1, 0.15) is 0 Å². The summed E-state index contributed by atoms with van der Waals surface area (Å²) in [6.45, 7) is 8.71. The minimum absolute atomic E-state index is 0.671. The van der Waals surface area contributed by atoms with Gasteiger partial charge in [0.25, 0.3) is 0 Å². The van der Waals surface area contributed by atoms with Crippen LogP contribution in [0.5, 0.6) is 0 Å². The maximum atomic E-state index is 6.86. The molecule has 1 heterocycles. The van der Waals surface area contributed by atoms with E-state index in [1.807, 2.05) is 42.7 Å². The molecule has 0 aliphatic carbocycles. The second-order valence-corrected chi connectivity index (χ2v) is 3.43. The van der Waals surface area contributed by atoms with Crippen LogP contribution >= 0.6 is 0 Å². The molecule has 0 N–H and O–H groups in total. The predicted molar refractivity (Wildman–Crippen MR) is 61.2 cm³/mol. The number of anilines is 1. The average molecular weight is 200 g/mol. The van der Waals surface area contributed by atoms with Crippen LogP contribution in [-0.2, 0) is 0 Å². The van der Waals surface area contributed by atoms with Crippen LogP contribution in [0.25, 0.3) is 4.85 Å². The average Bonchev–Trinajstić information content (AvgIpc) is 2.30. The van der Waals surface area contributed by atoms with Crippen molar-refractivity contribution in [2.24, 2.45) is 5.10 Å². The van der Waals surface area contributed by atoms with Crippen LogP contribution in [0.3, 0.4) is 0 Å². The lowest BCUT2D eigenvalue weighted by atomic mass is 10.2. The highest BCUT2D eigenvalue weighted by Crippen LogP contribution is 2.19. The fourth-order valence-corrected chi connectivity index (χ4v) is 1.43. The Morgan fingerprint density at radius 2 is 2.00 bits per heavy atom. The lowest BCUT2D eigenvalue weighted by Crippen LogP contribution is -2.35. The molecule has 76 valence electrons. The molecule has 1 aliphatic heterocycles. The monoisotopic (exact) mass is 200 g/mol. The van der Waals surface area contributed by atoms with Gasteiger partial charge in [0, 0.05) is 19.3 Å². The molecule has 0 unspecified atom stereocenters. The van der Waals surface area contributed by atoms with Gasteiger partial charge in [0.2, 0.25) is 0 Å². The molecule has 0 fully saturated rings. The molecule has 0 amide bonds. The van der Waals surface area contributed by atoms with Crippen molar-refractivity contribution in [3.63, 3.8) is 0 Å². The Balaban J connectivity index is 2.17. The Morgan fingerprint density at radius 1 is 1.27 bits per heavy atom. The summed E-state index contributed by atoms with van der Waals surface area (Å²) in [6, 6.07) is 7.55. The summed E-state index contributed by atoms with van der Waals surface area (Å²) in [7, 11) is 1.95. The highest BCUT2D eigenvalue weighted by molar-refractivity contribution is 5.80. The van der Waals surface area contributed by atoms with E-state index >= 15 is 0 Å². The van der Waals surface area contributed by atoms with Crippen LogP contribution in [-0.4, -0.2) is 31.5 Å². The van der Waals surface area contributed by atoms with Gasteiger partial charge < -0.3 is 4.90 Å². The van der Waals surface area contributed by atoms with E-state index < -0.39 is 0 Å². The van der Waals surface area contributed by atoms with E-state index in [1.54, 1.807) is 0 Å². The maximum absolute atomic E-state index is 6.86. The van der Waals surface area contributed by atoms with Crippen LogP contribution in [0.4, 0.5) is 11.4 Å². The number of rotatable bonds is 1. The molecule has 4 nitrogen and oxygen atoms in total. The zero-order chi connectivity index (χ0) is 10.7. The minimum atomic E-state index is 0.671. The number of nitrogens with zero attached hydrogens (tertiary/aromatic N) is 4. The van der Waals surface area contributed by atoms with Gasteiger partial charge in [-0.2, -0.15) is 5.10 Å². The Bertz CT molecular complexity index is 402. The zero-order valence-corrected chi connectivity index (χ0v) is 8.59. The smallest absolute Gasteiger partial charge is 0.187 e. The SMILES string of the molecule is [C-]#[N+]c1ccc(N2C=NN(C)CC2)cc1. The van der Waals surface area contributed by atoms with Gasteiger partial charge in [-0.1, -0.05) is 12.1 Å². The Kier molecular flexibility index (Phi) is 2.55. The van der Waals surface area contributed by atoms with Crippen molar-refractivity contribution in [2.45, 2.75) is 0 Å². The highest BCUT2D eigenvalue weighted by atomic mass is 15.5. The van der Waals surface area contributed by atoms with Crippen molar-refractivity contribution in [3.05, 3.63) is 35.7 Å². The fourth-order valence-electron chi connectivity index (χ4n) is 1.43. The summed E-state index contributed by atoms with van der Waals surface area (Å²) in [5.41, 5.74) is 1.75. The molecule has 0 spiro atoms. The molecule has 0 saturated heterocycles. The van der Waals surface area contributed by atoms with Gasteiger partial charge in [0.1, 0.15) is 6.34 Å². The summed E-state index contributed by atoms with van der Waals surface area (Å²) < 4.78 is 0. The molecule has 0 saturated carbocycles. The molecule has 1 aliphatic rings. The molecular formula is C11H12N4. The third-order valence-corrected chi connectivity index (χ3v) is 2.36. The minimum Gasteiger partial charge on any atom is -0.329 e. The van der Waals surface area contributed by atoms with Crippen molar-refractivity contribution in [1.29, 1.82) is 0 Å². The van der Waals surface area contributed by atoms with Crippen LogP contribution < -0.4 is 4.90 Å². The molecule has 1 aromatic rings. The Morgan fingerprint density at radius 3 is 2.53 bits per heavy atom. The topological polar surface area (TPSA) is 23.2 Å². The van der Waals surface area contributed by atoms with Gasteiger partial charge in [-0.25, -0.2) is 4.85 Å². The van der Waals surface area contributed by atoms with Crippen molar-refractivity contribution >= 4 is 17.7 Å². The molecular weight excluding hydrogens is 188 g/mol. The Labute approximate surface area is 89.2 Å². The number of hydrogen-bond acceptors (Lipinski definition) is 3. The van der Waals surface area contributed by atoms with E-state index in [-0.39, 0.29) is 0 Å².